The van der Waals surface area contributed by atoms with Gasteiger partial charge in [-0.05, 0) is 21.2 Å². The Morgan fingerprint density at radius 2 is 0.481 bits per heavy atom. The van der Waals surface area contributed by atoms with Gasteiger partial charge in [0.15, 0.2) is 0 Å². The topological polar surface area (TPSA) is 0 Å². The Kier molecular flexibility index (Phi) is 10.1. The summed E-state index contributed by atoms with van der Waals surface area (Å²) in [5.41, 5.74) is 0. The monoisotopic (exact) mass is 435 g/mol. The molecule has 0 amide bonds. The van der Waals surface area contributed by atoms with Gasteiger partial charge in [0.1, 0.15) is 0 Å². The van der Waals surface area contributed by atoms with Crippen LogP contribution < -0.4 is 21.2 Å². The molecule has 0 fully saturated rings. The maximum absolute atomic E-state index is 2.17. The third-order valence-corrected chi connectivity index (χ3v) is 6.16. The zero-order chi connectivity index (χ0) is 17.9. The fourth-order valence-electron chi connectivity index (χ4n) is 2.42. The van der Waals surface area contributed by atoms with E-state index < -0.39 is 0 Å². The maximum atomic E-state index is 2.17. The first-order valence-corrected chi connectivity index (χ1v) is 10.6. The van der Waals surface area contributed by atoms with Crippen LogP contribution in [0.25, 0.3) is 0 Å². The number of hydrogen-bond donors (Lipinski definition) is 0. The number of hydrogen-bond acceptors (Lipinski definition) is 0. The molecule has 0 saturated heterocycles. The fourth-order valence-corrected chi connectivity index (χ4v) is 4.52. The number of benzene rings is 4. The van der Waals surface area contributed by atoms with E-state index in [0.717, 1.165) is 17.2 Å². The van der Waals surface area contributed by atoms with Crippen molar-refractivity contribution in [1.29, 1.82) is 0 Å². The van der Waals surface area contributed by atoms with Gasteiger partial charge in [-0.1, -0.05) is 138 Å². The van der Waals surface area contributed by atoms with E-state index in [2.05, 4.69) is 121 Å². The molecule has 0 aliphatic rings. The van der Waals surface area contributed by atoms with Crippen LogP contribution in [0.1, 0.15) is 0 Å². The Morgan fingerprint density at radius 1 is 0.296 bits per heavy atom. The van der Waals surface area contributed by atoms with Gasteiger partial charge in [-0.2, -0.15) is 0 Å². The molecule has 4 aromatic rings. The summed E-state index contributed by atoms with van der Waals surface area (Å²) >= 11 is 0. The molecule has 0 N–H and O–H groups in total. The van der Waals surface area contributed by atoms with Crippen LogP contribution in [0.4, 0.5) is 0 Å². The van der Waals surface area contributed by atoms with Gasteiger partial charge in [0.25, 0.3) is 0 Å². The summed E-state index contributed by atoms with van der Waals surface area (Å²) < 4.78 is 0. The third-order valence-electron chi connectivity index (χ3n) is 3.67. The zero-order valence-corrected chi connectivity index (χ0v) is 17.8. The Balaban J connectivity index is 0.000000187. The molecule has 0 atom stereocenters. The normalized spacial score (nSPS) is 9.48. The van der Waals surface area contributed by atoms with Gasteiger partial charge < -0.3 is 0 Å². The van der Waals surface area contributed by atoms with E-state index in [9.17, 15) is 0 Å². The average Bonchev–Trinajstić information content (AvgIpc) is 2.72. The van der Waals surface area contributed by atoms with Crippen LogP contribution in [0.3, 0.4) is 0 Å². The maximum Gasteiger partial charge on any atom is 0 e. The molecule has 4 aromatic carbocycles. The van der Waals surface area contributed by atoms with E-state index in [4.69, 9.17) is 0 Å². The smallest absolute Gasteiger partial charge is 0 e. The molecule has 0 aliphatic carbocycles. The van der Waals surface area contributed by atoms with Gasteiger partial charge in [0.05, 0.1) is 0 Å². The minimum Gasteiger partial charge on any atom is -0.0622 e. The van der Waals surface area contributed by atoms with E-state index in [1.807, 2.05) is 0 Å². The first-order valence-electron chi connectivity index (χ1n) is 8.64. The SMILES string of the molecule is [Cu].c1ccc(Pc2ccccc2)cc1.c1ccc(Pc2ccccc2)cc1. The summed E-state index contributed by atoms with van der Waals surface area (Å²) in [6.45, 7) is 0. The molecule has 0 unspecified atom stereocenters. The van der Waals surface area contributed by atoms with Gasteiger partial charge in [-0.25, -0.2) is 0 Å². The first-order chi connectivity index (χ1) is 12.9. The summed E-state index contributed by atoms with van der Waals surface area (Å²) in [5.74, 6) is 0. The average molecular weight is 436 g/mol. The molecular weight excluding hydrogens is 414 g/mol. The standard InChI is InChI=1S/2C12H11P.Cu/c2*1-3-7-11(8-4-1)13-12-9-5-2-6-10-12;/h2*1-10,13H;. The van der Waals surface area contributed by atoms with Gasteiger partial charge in [-0.15, -0.1) is 0 Å². The van der Waals surface area contributed by atoms with Crippen LogP contribution in [0.5, 0.6) is 0 Å². The van der Waals surface area contributed by atoms with Crippen LogP contribution in [0.15, 0.2) is 121 Å². The summed E-state index contributed by atoms with van der Waals surface area (Å²) in [6, 6.07) is 42.3. The minimum atomic E-state index is 0. The van der Waals surface area contributed by atoms with Gasteiger partial charge in [-0.3, -0.25) is 0 Å². The first kappa shape index (κ1) is 21.6. The summed E-state index contributed by atoms with van der Waals surface area (Å²) in [6.07, 6.45) is 0. The second-order valence-electron chi connectivity index (χ2n) is 5.71. The molecule has 0 bridgehead atoms. The van der Waals surface area contributed by atoms with Crippen molar-refractivity contribution >= 4 is 38.4 Å². The van der Waals surface area contributed by atoms with Crippen LogP contribution in [-0.2, 0) is 17.1 Å². The molecule has 0 aliphatic heterocycles. The Morgan fingerprint density at radius 3 is 0.667 bits per heavy atom. The van der Waals surface area contributed by atoms with E-state index in [1.54, 1.807) is 0 Å². The second kappa shape index (κ2) is 12.6. The summed E-state index contributed by atoms with van der Waals surface area (Å²) in [7, 11) is 1.55. The second-order valence-corrected chi connectivity index (χ2v) is 8.52. The van der Waals surface area contributed by atoms with Crippen molar-refractivity contribution in [2.24, 2.45) is 0 Å². The van der Waals surface area contributed by atoms with Crippen molar-refractivity contribution in [3.05, 3.63) is 121 Å². The molecule has 139 valence electrons. The fraction of sp³-hybridized carbons (Fsp3) is 0. The van der Waals surface area contributed by atoms with Crippen molar-refractivity contribution in [1.82, 2.24) is 0 Å². The molecule has 27 heavy (non-hydrogen) atoms. The molecule has 0 spiro atoms. The molecule has 1 radical (unpaired) electrons. The molecule has 4 rings (SSSR count). The molecule has 0 saturated carbocycles. The quantitative estimate of drug-likeness (QED) is 0.324. The molecular formula is C24H22CuP2. The van der Waals surface area contributed by atoms with E-state index >= 15 is 0 Å². The van der Waals surface area contributed by atoms with Gasteiger partial charge in [0, 0.05) is 17.1 Å². The van der Waals surface area contributed by atoms with Crippen molar-refractivity contribution < 1.29 is 17.1 Å². The molecule has 0 aromatic heterocycles. The minimum absolute atomic E-state index is 0. The van der Waals surface area contributed by atoms with Gasteiger partial charge >= 0.3 is 0 Å². The summed E-state index contributed by atoms with van der Waals surface area (Å²) in [4.78, 5) is 0. The number of rotatable bonds is 4. The Labute approximate surface area is 176 Å². The van der Waals surface area contributed by atoms with Crippen LogP contribution in [0.2, 0.25) is 0 Å². The van der Waals surface area contributed by atoms with Crippen molar-refractivity contribution in [3.8, 4) is 0 Å². The largest absolute Gasteiger partial charge is 0.0622 e. The van der Waals surface area contributed by atoms with Crippen molar-refractivity contribution in [3.63, 3.8) is 0 Å². The van der Waals surface area contributed by atoms with E-state index in [1.165, 1.54) is 21.2 Å². The third kappa shape index (κ3) is 8.21. The van der Waals surface area contributed by atoms with Crippen molar-refractivity contribution in [2.75, 3.05) is 0 Å². The zero-order valence-electron chi connectivity index (χ0n) is 14.8. The molecule has 3 heteroatoms. The van der Waals surface area contributed by atoms with Crippen molar-refractivity contribution in [2.45, 2.75) is 0 Å². The van der Waals surface area contributed by atoms with Gasteiger partial charge in [0.2, 0.25) is 0 Å². The van der Waals surface area contributed by atoms with E-state index in [-0.39, 0.29) is 17.1 Å². The Bertz CT molecular complexity index is 715. The van der Waals surface area contributed by atoms with E-state index in [0.29, 0.717) is 0 Å². The predicted octanol–water partition coefficient (Wildman–Crippen LogP) is 4.63. The van der Waals surface area contributed by atoms with Crippen LogP contribution in [-0.4, -0.2) is 0 Å². The Hall–Kier alpha value is -1.74. The summed E-state index contributed by atoms with van der Waals surface area (Å²) in [5, 5.41) is 5.59. The molecule has 0 heterocycles. The van der Waals surface area contributed by atoms with Crippen LogP contribution in [0, 0.1) is 0 Å². The molecule has 0 nitrogen and oxygen atoms in total. The predicted molar refractivity (Wildman–Crippen MR) is 121 cm³/mol. The van der Waals surface area contributed by atoms with Crippen LogP contribution >= 0.6 is 17.2 Å².